The van der Waals surface area contributed by atoms with Gasteiger partial charge < -0.3 is 5.32 Å². The molecule has 3 atom stereocenters. The Kier molecular flexibility index (Phi) is 6.10. The summed E-state index contributed by atoms with van der Waals surface area (Å²) in [4.78, 5) is 0. The number of halogens is 1. The van der Waals surface area contributed by atoms with Gasteiger partial charge in [-0.05, 0) is 49.7 Å². The lowest BCUT2D eigenvalue weighted by atomic mass is 9.89. The van der Waals surface area contributed by atoms with Gasteiger partial charge in [0.25, 0.3) is 0 Å². The van der Waals surface area contributed by atoms with Gasteiger partial charge in [-0.25, -0.2) is 0 Å². The SMILES string of the molecule is CC(C)C1CCCC(N[C@H](C)c2ccccc2Br)CC1. The van der Waals surface area contributed by atoms with Crippen molar-refractivity contribution in [2.24, 2.45) is 11.8 Å². The summed E-state index contributed by atoms with van der Waals surface area (Å²) < 4.78 is 1.22. The summed E-state index contributed by atoms with van der Waals surface area (Å²) in [5.74, 6) is 1.77. The molecule has 1 aromatic carbocycles. The van der Waals surface area contributed by atoms with Crippen molar-refractivity contribution in [2.75, 3.05) is 0 Å². The molecule has 1 nitrogen and oxygen atoms in total. The van der Waals surface area contributed by atoms with Crippen molar-refractivity contribution in [2.45, 2.75) is 65.0 Å². The monoisotopic (exact) mass is 337 g/mol. The van der Waals surface area contributed by atoms with Crippen LogP contribution in [-0.2, 0) is 0 Å². The Labute approximate surface area is 132 Å². The smallest absolute Gasteiger partial charge is 0.0305 e. The van der Waals surface area contributed by atoms with Crippen LogP contribution < -0.4 is 5.32 Å². The van der Waals surface area contributed by atoms with Gasteiger partial charge in [0, 0.05) is 16.6 Å². The normalized spacial score (nSPS) is 25.4. The largest absolute Gasteiger partial charge is 0.307 e. The molecule has 0 aliphatic heterocycles. The average Bonchev–Trinajstić information content (AvgIpc) is 2.65. The van der Waals surface area contributed by atoms with E-state index in [4.69, 9.17) is 0 Å². The molecule has 2 heteroatoms. The highest BCUT2D eigenvalue weighted by molar-refractivity contribution is 9.10. The van der Waals surface area contributed by atoms with Crippen molar-refractivity contribution in [3.8, 4) is 0 Å². The maximum atomic E-state index is 3.85. The maximum absolute atomic E-state index is 3.85. The predicted molar refractivity (Wildman–Crippen MR) is 90.9 cm³/mol. The topological polar surface area (TPSA) is 12.0 Å². The van der Waals surface area contributed by atoms with E-state index in [1.54, 1.807) is 0 Å². The molecule has 1 saturated carbocycles. The molecule has 1 N–H and O–H groups in total. The van der Waals surface area contributed by atoms with Crippen LogP contribution in [0.2, 0.25) is 0 Å². The quantitative estimate of drug-likeness (QED) is 0.694. The molecule has 1 fully saturated rings. The minimum Gasteiger partial charge on any atom is -0.307 e. The second-order valence-electron chi connectivity index (χ2n) is 6.62. The minimum absolute atomic E-state index is 0.422. The summed E-state index contributed by atoms with van der Waals surface area (Å²) in [6.07, 6.45) is 6.84. The van der Waals surface area contributed by atoms with Gasteiger partial charge in [0.2, 0.25) is 0 Å². The first-order valence-electron chi connectivity index (χ1n) is 8.08. The van der Waals surface area contributed by atoms with Crippen LogP contribution >= 0.6 is 15.9 Å². The summed E-state index contributed by atoms with van der Waals surface area (Å²) in [6.45, 7) is 7.04. The fourth-order valence-electron chi connectivity index (χ4n) is 3.43. The van der Waals surface area contributed by atoms with E-state index < -0.39 is 0 Å². The molecule has 0 saturated heterocycles. The van der Waals surface area contributed by atoms with Crippen molar-refractivity contribution in [1.29, 1.82) is 0 Å². The Bertz CT molecular complexity index is 416. The fourth-order valence-corrected chi connectivity index (χ4v) is 4.06. The Morgan fingerprint density at radius 1 is 1.05 bits per heavy atom. The van der Waals surface area contributed by atoms with Crippen LogP contribution in [0.25, 0.3) is 0 Å². The predicted octanol–water partition coefficient (Wildman–Crippen LogP) is 5.70. The Morgan fingerprint density at radius 3 is 2.50 bits per heavy atom. The van der Waals surface area contributed by atoms with Crippen LogP contribution in [-0.4, -0.2) is 6.04 Å². The molecule has 2 rings (SSSR count). The lowest BCUT2D eigenvalue weighted by Crippen LogP contribution is -2.31. The third-order valence-corrected chi connectivity index (χ3v) is 5.54. The summed E-state index contributed by atoms with van der Waals surface area (Å²) in [6, 6.07) is 9.66. The van der Waals surface area contributed by atoms with Gasteiger partial charge >= 0.3 is 0 Å². The fraction of sp³-hybridized carbons (Fsp3) is 0.667. The van der Waals surface area contributed by atoms with Crippen molar-refractivity contribution < 1.29 is 0 Å². The zero-order valence-corrected chi connectivity index (χ0v) is 14.6. The Hall–Kier alpha value is -0.340. The summed E-state index contributed by atoms with van der Waals surface area (Å²) in [5, 5.41) is 3.85. The highest BCUT2D eigenvalue weighted by Crippen LogP contribution is 2.30. The number of nitrogens with one attached hydrogen (secondary N) is 1. The lowest BCUT2D eigenvalue weighted by Gasteiger charge is -2.23. The lowest BCUT2D eigenvalue weighted by molar-refractivity contribution is 0.335. The van der Waals surface area contributed by atoms with Crippen molar-refractivity contribution in [3.63, 3.8) is 0 Å². The highest BCUT2D eigenvalue weighted by atomic mass is 79.9. The molecule has 0 aromatic heterocycles. The zero-order chi connectivity index (χ0) is 14.5. The van der Waals surface area contributed by atoms with Gasteiger partial charge in [-0.3, -0.25) is 0 Å². The van der Waals surface area contributed by atoms with E-state index in [1.807, 2.05) is 0 Å². The van der Waals surface area contributed by atoms with E-state index >= 15 is 0 Å². The number of hydrogen-bond donors (Lipinski definition) is 1. The van der Waals surface area contributed by atoms with E-state index in [9.17, 15) is 0 Å². The van der Waals surface area contributed by atoms with E-state index in [2.05, 4.69) is 66.3 Å². The molecule has 20 heavy (non-hydrogen) atoms. The molecule has 1 aliphatic carbocycles. The average molecular weight is 338 g/mol. The van der Waals surface area contributed by atoms with Gasteiger partial charge in [0.15, 0.2) is 0 Å². The maximum Gasteiger partial charge on any atom is 0.0305 e. The van der Waals surface area contributed by atoms with Crippen molar-refractivity contribution >= 4 is 15.9 Å². The first-order chi connectivity index (χ1) is 9.58. The third kappa shape index (κ3) is 4.33. The van der Waals surface area contributed by atoms with Crippen LogP contribution in [0.1, 0.15) is 64.5 Å². The first kappa shape index (κ1) is 16.0. The second-order valence-corrected chi connectivity index (χ2v) is 7.47. The summed E-state index contributed by atoms with van der Waals surface area (Å²) in [5.41, 5.74) is 1.37. The van der Waals surface area contributed by atoms with E-state index in [0.717, 1.165) is 11.8 Å². The first-order valence-corrected chi connectivity index (χ1v) is 8.87. The van der Waals surface area contributed by atoms with Crippen LogP contribution in [0.5, 0.6) is 0 Å². The molecule has 2 unspecified atom stereocenters. The Balaban J connectivity index is 1.92. The summed E-state index contributed by atoms with van der Waals surface area (Å²) >= 11 is 3.67. The third-order valence-electron chi connectivity index (χ3n) is 4.81. The van der Waals surface area contributed by atoms with Gasteiger partial charge in [0.05, 0.1) is 0 Å². The van der Waals surface area contributed by atoms with Gasteiger partial charge in [0.1, 0.15) is 0 Å². The number of hydrogen-bond acceptors (Lipinski definition) is 1. The van der Waals surface area contributed by atoms with E-state index in [0.29, 0.717) is 12.1 Å². The molecule has 0 radical (unpaired) electrons. The molecule has 112 valence electrons. The highest BCUT2D eigenvalue weighted by Gasteiger charge is 2.22. The van der Waals surface area contributed by atoms with Crippen molar-refractivity contribution in [3.05, 3.63) is 34.3 Å². The van der Waals surface area contributed by atoms with Gasteiger partial charge in [-0.2, -0.15) is 0 Å². The Morgan fingerprint density at radius 2 is 1.80 bits per heavy atom. The molecule has 0 spiro atoms. The minimum atomic E-state index is 0.422. The molecule has 0 heterocycles. The number of rotatable bonds is 4. The molecular formula is C18H28BrN. The standard InChI is InChI=1S/C18H28BrN/c1-13(2)15-7-6-8-16(12-11-15)20-14(3)17-9-4-5-10-18(17)19/h4-5,9-10,13-16,20H,6-8,11-12H2,1-3H3/t14-,15?,16?/m1/s1. The van der Waals surface area contributed by atoms with Crippen LogP contribution in [0, 0.1) is 11.8 Å². The van der Waals surface area contributed by atoms with Crippen molar-refractivity contribution in [1.82, 2.24) is 5.32 Å². The van der Waals surface area contributed by atoms with E-state index in [-0.39, 0.29) is 0 Å². The molecule has 1 aromatic rings. The summed E-state index contributed by atoms with van der Waals surface area (Å²) in [7, 11) is 0. The molecule has 1 aliphatic rings. The van der Waals surface area contributed by atoms with E-state index in [1.165, 1.54) is 42.1 Å². The number of benzene rings is 1. The van der Waals surface area contributed by atoms with Crippen LogP contribution in [0.3, 0.4) is 0 Å². The zero-order valence-electron chi connectivity index (χ0n) is 13.0. The molecule has 0 bridgehead atoms. The second kappa shape index (κ2) is 7.61. The van der Waals surface area contributed by atoms with Crippen LogP contribution in [0.15, 0.2) is 28.7 Å². The van der Waals surface area contributed by atoms with Crippen LogP contribution in [0.4, 0.5) is 0 Å². The van der Waals surface area contributed by atoms with Gasteiger partial charge in [-0.15, -0.1) is 0 Å². The molecular weight excluding hydrogens is 310 g/mol. The van der Waals surface area contributed by atoms with Gasteiger partial charge in [-0.1, -0.05) is 60.8 Å². The molecule has 0 amide bonds.